The molecule has 0 spiro atoms. The number of aliphatic imine (C=N–C) groups is 1. The molecule has 0 rings (SSSR count). The molecule has 0 heterocycles. The minimum absolute atomic E-state index is 0.430. The van der Waals surface area contributed by atoms with Crippen LogP contribution in [0.2, 0.25) is 0 Å². The van der Waals surface area contributed by atoms with Crippen LogP contribution in [0.3, 0.4) is 0 Å². The molecule has 0 aliphatic rings. The van der Waals surface area contributed by atoms with E-state index in [1.807, 2.05) is 6.92 Å². The lowest BCUT2D eigenvalue weighted by atomic mass is 10.1. The second-order valence-corrected chi connectivity index (χ2v) is 7.66. The molecule has 0 aromatic heterocycles. The number of sulfonamides is 1. The first-order chi connectivity index (χ1) is 11.0. The molecule has 0 saturated heterocycles. The monoisotopic (exact) mass is 348 g/mol. The molecule has 0 atom stereocenters. The van der Waals surface area contributed by atoms with Gasteiger partial charge >= 0.3 is 0 Å². The number of hydrogen-bond acceptors (Lipinski definition) is 3. The van der Waals surface area contributed by atoms with Crippen molar-refractivity contribution < 1.29 is 8.42 Å². The molecule has 138 valence electrons. The Balaban J connectivity index is 3.73. The Morgan fingerprint density at radius 1 is 0.870 bits per heavy atom. The molecule has 0 fully saturated rings. The predicted octanol–water partition coefficient (Wildman–Crippen LogP) is 2.23. The summed E-state index contributed by atoms with van der Waals surface area (Å²) in [5, 5.41) is 6.54. The lowest BCUT2D eigenvalue weighted by Crippen LogP contribution is -2.38. The van der Waals surface area contributed by atoms with Gasteiger partial charge in [0.25, 0.3) is 0 Å². The summed E-state index contributed by atoms with van der Waals surface area (Å²) in [6.07, 6.45) is 10.9. The number of nitrogens with one attached hydrogen (secondary N) is 3. The van der Waals surface area contributed by atoms with Gasteiger partial charge in [-0.05, 0) is 19.8 Å². The molecule has 0 bridgehead atoms. The molecular weight excluding hydrogens is 312 g/mol. The van der Waals surface area contributed by atoms with Crippen molar-refractivity contribution in [2.45, 2.75) is 65.2 Å². The molecular formula is C16H36N4O2S. The second-order valence-electron chi connectivity index (χ2n) is 5.83. The van der Waals surface area contributed by atoms with Crippen LogP contribution in [0.25, 0.3) is 0 Å². The maximum atomic E-state index is 10.9. The molecule has 7 heteroatoms. The maximum Gasteiger partial charge on any atom is 0.208 e. The molecule has 0 aliphatic carbocycles. The van der Waals surface area contributed by atoms with Gasteiger partial charge in [0.2, 0.25) is 10.0 Å². The summed E-state index contributed by atoms with van der Waals surface area (Å²) < 4.78 is 24.4. The summed E-state index contributed by atoms with van der Waals surface area (Å²) in [5.41, 5.74) is 0. The van der Waals surface area contributed by atoms with Crippen molar-refractivity contribution in [2.75, 3.05) is 32.4 Å². The third-order valence-electron chi connectivity index (χ3n) is 3.39. The van der Waals surface area contributed by atoms with Crippen LogP contribution < -0.4 is 15.4 Å². The molecule has 0 aromatic rings. The number of rotatable bonds is 14. The zero-order chi connectivity index (χ0) is 17.4. The molecule has 0 saturated carbocycles. The lowest BCUT2D eigenvalue weighted by Gasteiger charge is -2.11. The number of guanidine groups is 1. The summed E-state index contributed by atoms with van der Waals surface area (Å²) in [4.78, 5) is 4.45. The standard InChI is InChI=1S/C16H36N4O2S/c1-4-6-7-8-9-10-11-13-18-16(17-5-2)19-14-12-15-20-23(3,21)22/h20H,4-15H2,1-3H3,(H2,17,18,19). The van der Waals surface area contributed by atoms with Gasteiger partial charge in [0.15, 0.2) is 5.96 Å². The average Bonchev–Trinajstić information content (AvgIpc) is 2.48. The first kappa shape index (κ1) is 22.2. The fourth-order valence-electron chi connectivity index (χ4n) is 2.16. The van der Waals surface area contributed by atoms with E-state index in [0.29, 0.717) is 19.5 Å². The Morgan fingerprint density at radius 2 is 1.52 bits per heavy atom. The van der Waals surface area contributed by atoms with Crippen molar-refractivity contribution in [1.82, 2.24) is 15.4 Å². The second kappa shape index (κ2) is 14.8. The highest BCUT2D eigenvalue weighted by Gasteiger charge is 1.99. The van der Waals surface area contributed by atoms with Crippen LogP contribution in [0.5, 0.6) is 0 Å². The van der Waals surface area contributed by atoms with E-state index in [1.165, 1.54) is 44.8 Å². The predicted molar refractivity (Wildman–Crippen MR) is 99.4 cm³/mol. The van der Waals surface area contributed by atoms with Crippen LogP contribution in [-0.2, 0) is 10.0 Å². The van der Waals surface area contributed by atoms with E-state index >= 15 is 0 Å². The van der Waals surface area contributed by atoms with Gasteiger partial charge in [-0.3, -0.25) is 4.99 Å². The molecule has 6 nitrogen and oxygen atoms in total. The summed E-state index contributed by atoms with van der Waals surface area (Å²) in [6.45, 7) is 7.07. The normalized spacial score (nSPS) is 12.4. The number of unbranched alkanes of at least 4 members (excludes halogenated alkanes) is 6. The van der Waals surface area contributed by atoms with E-state index < -0.39 is 10.0 Å². The Labute approximate surface area is 143 Å². The van der Waals surface area contributed by atoms with Crippen molar-refractivity contribution in [3.05, 3.63) is 0 Å². The van der Waals surface area contributed by atoms with Crippen molar-refractivity contribution in [1.29, 1.82) is 0 Å². The smallest absolute Gasteiger partial charge is 0.208 e. The fraction of sp³-hybridized carbons (Fsp3) is 0.938. The Morgan fingerprint density at radius 3 is 2.13 bits per heavy atom. The van der Waals surface area contributed by atoms with Crippen molar-refractivity contribution >= 4 is 16.0 Å². The van der Waals surface area contributed by atoms with Gasteiger partial charge in [0.1, 0.15) is 0 Å². The summed E-state index contributed by atoms with van der Waals surface area (Å²) in [7, 11) is -3.09. The molecule has 3 N–H and O–H groups in total. The van der Waals surface area contributed by atoms with Crippen LogP contribution in [0.15, 0.2) is 4.99 Å². The third-order valence-corrected chi connectivity index (χ3v) is 4.11. The highest BCUT2D eigenvalue weighted by atomic mass is 32.2. The summed E-state index contributed by atoms with van der Waals surface area (Å²) >= 11 is 0. The van der Waals surface area contributed by atoms with Crippen molar-refractivity contribution in [3.8, 4) is 0 Å². The molecule has 23 heavy (non-hydrogen) atoms. The van der Waals surface area contributed by atoms with Gasteiger partial charge in [-0.25, -0.2) is 13.1 Å². The van der Waals surface area contributed by atoms with Crippen molar-refractivity contribution in [3.63, 3.8) is 0 Å². The van der Waals surface area contributed by atoms with Crippen LogP contribution in [0.1, 0.15) is 65.2 Å². The van der Waals surface area contributed by atoms with Gasteiger partial charge < -0.3 is 10.6 Å². The zero-order valence-electron chi connectivity index (χ0n) is 15.2. The molecule has 0 radical (unpaired) electrons. The van der Waals surface area contributed by atoms with Gasteiger partial charge in [0, 0.05) is 26.2 Å². The highest BCUT2D eigenvalue weighted by Crippen LogP contribution is 2.06. The Kier molecular flexibility index (Phi) is 14.2. The van der Waals surface area contributed by atoms with E-state index in [9.17, 15) is 8.42 Å². The highest BCUT2D eigenvalue weighted by molar-refractivity contribution is 7.88. The fourth-order valence-corrected chi connectivity index (χ4v) is 2.67. The Hall–Kier alpha value is -0.820. The molecule has 0 amide bonds. The Bertz CT molecular complexity index is 397. The number of hydrogen-bond donors (Lipinski definition) is 3. The average molecular weight is 349 g/mol. The van der Waals surface area contributed by atoms with E-state index in [0.717, 1.165) is 25.5 Å². The molecule has 0 aromatic carbocycles. The first-order valence-electron chi connectivity index (χ1n) is 8.96. The maximum absolute atomic E-state index is 10.9. The van der Waals surface area contributed by atoms with Crippen LogP contribution in [0, 0.1) is 0 Å². The van der Waals surface area contributed by atoms with E-state index in [1.54, 1.807) is 0 Å². The van der Waals surface area contributed by atoms with E-state index in [4.69, 9.17) is 0 Å². The summed E-state index contributed by atoms with van der Waals surface area (Å²) in [6, 6.07) is 0. The van der Waals surface area contributed by atoms with E-state index in [2.05, 4.69) is 27.3 Å². The zero-order valence-corrected chi connectivity index (χ0v) is 16.0. The third kappa shape index (κ3) is 17.4. The van der Waals surface area contributed by atoms with Crippen LogP contribution in [0.4, 0.5) is 0 Å². The van der Waals surface area contributed by atoms with Crippen LogP contribution >= 0.6 is 0 Å². The minimum atomic E-state index is -3.09. The number of nitrogens with zero attached hydrogens (tertiary/aromatic N) is 1. The molecule has 0 unspecified atom stereocenters. The van der Waals surface area contributed by atoms with Gasteiger partial charge in [-0.2, -0.15) is 0 Å². The lowest BCUT2D eigenvalue weighted by molar-refractivity contribution is 0.583. The SMILES string of the molecule is CCCCCCCCCNC(=NCCCNS(C)(=O)=O)NCC. The van der Waals surface area contributed by atoms with Crippen molar-refractivity contribution in [2.24, 2.45) is 4.99 Å². The summed E-state index contributed by atoms with van der Waals surface area (Å²) in [5.74, 6) is 0.817. The minimum Gasteiger partial charge on any atom is -0.357 e. The largest absolute Gasteiger partial charge is 0.357 e. The van der Waals surface area contributed by atoms with Gasteiger partial charge in [0.05, 0.1) is 6.26 Å². The molecule has 0 aliphatic heterocycles. The quantitative estimate of drug-likeness (QED) is 0.255. The first-order valence-corrected chi connectivity index (χ1v) is 10.9. The van der Waals surface area contributed by atoms with Gasteiger partial charge in [-0.15, -0.1) is 0 Å². The van der Waals surface area contributed by atoms with E-state index in [-0.39, 0.29) is 0 Å². The van der Waals surface area contributed by atoms with Crippen LogP contribution in [-0.4, -0.2) is 46.8 Å². The van der Waals surface area contributed by atoms with Gasteiger partial charge in [-0.1, -0.05) is 45.4 Å². The topological polar surface area (TPSA) is 82.6 Å².